The summed E-state index contributed by atoms with van der Waals surface area (Å²) < 4.78 is 17.4. The zero-order chi connectivity index (χ0) is 33.7. The summed E-state index contributed by atoms with van der Waals surface area (Å²) in [6.07, 6.45) is 3.46. The number of aliphatic hydroxyl groups is 1. The average molecular weight is 711 g/mol. The van der Waals surface area contributed by atoms with Gasteiger partial charge in [-0.2, -0.15) is 0 Å². The summed E-state index contributed by atoms with van der Waals surface area (Å²) in [7, 11) is 1.55. The third-order valence-corrected chi connectivity index (χ3v) is 9.96. The standard InChI is InChI=1S/C35H40BrN3O8/c1-4-6-12-27(41)46-21-26(22-10-8-7-9-11-22)37-32(42)28-29-33(43)39(18-19-40)31(35(29)20-25(36)30(28)47-35)34(44)38(17-5-2)23-13-15-24(45-3)16-14-23/h4-5,7-11,13-16,25-26,28-31,40H,1-2,6,12,17-21H2,3H3,(H,37,42)/t25?,26-,28-,29+,30-,31-,35+/m1/s1. The normalized spacial score (nSPS) is 26.3. The Morgan fingerprint density at radius 2 is 1.89 bits per heavy atom. The number of rotatable bonds is 15. The van der Waals surface area contributed by atoms with Crippen LogP contribution in [0.2, 0.25) is 0 Å². The minimum absolute atomic E-state index is 0.110. The number of alkyl halides is 1. The largest absolute Gasteiger partial charge is 0.497 e. The molecule has 12 heteroatoms. The van der Waals surface area contributed by atoms with Gasteiger partial charge in [0.05, 0.1) is 37.7 Å². The first-order valence-electron chi connectivity index (χ1n) is 15.6. The Hall–Kier alpha value is -4.00. The van der Waals surface area contributed by atoms with E-state index >= 15 is 0 Å². The number of β-amino-alcohol motifs (C(OH)–C–C–N with tert-alkyl or cyclic N) is 1. The van der Waals surface area contributed by atoms with E-state index in [4.69, 9.17) is 14.2 Å². The van der Waals surface area contributed by atoms with Crippen LogP contribution in [0.1, 0.15) is 30.9 Å². The molecule has 0 radical (unpaired) electrons. The molecule has 0 saturated carbocycles. The molecule has 3 aliphatic rings. The third-order valence-electron chi connectivity index (χ3n) is 9.11. The van der Waals surface area contributed by atoms with Gasteiger partial charge in [0.2, 0.25) is 11.8 Å². The lowest BCUT2D eigenvalue weighted by atomic mass is 9.70. The maximum Gasteiger partial charge on any atom is 0.306 e. The summed E-state index contributed by atoms with van der Waals surface area (Å²) in [5, 5.41) is 13.0. The highest BCUT2D eigenvalue weighted by atomic mass is 79.9. The monoisotopic (exact) mass is 709 g/mol. The van der Waals surface area contributed by atoms with Crippen LogP contribution in [0.5, 0.6) is 5.75 Å². The van der Waals surface area contributed by atoms with Gasteiger partial charge in [0, 0.05) is 30.0 Å². The Morgan fingerprint density at radius 3 is 2.53 bits per heavy atom. The van der Waals surface area contributed by atoms with Crippen molar-refractivity contribution in [2.75, 3.05) is 38.3 Å². The molecule has 2 aromatic carbocycles. The van der Waals surface area contributed by atoms with Crippen molar-refractivity contribution in [3.05, 3.63) is 85.5 Å². The van der Waals surface area contributed by atoms with Gasteiger partial charge in [-0.25, -0.2) is 0 Å². The molecule has 11 nitrogen and oxygen atoms in total. The molecule has 2 bridgehead atoms. The van der Waals surface area contributed by atoms with Crippen LogP contribution in [-0.4, -0.2) is 89.7 Å². The Balaban J connectivity index is 1.46. The molecule has 3 saturated heterocycles. The van der Waals surface area contributed by atoms with Crippen molar-refractivity contribution in [3.8, 4) is 5.75 Å². The maximum absolute atomic E-state index is 14.5. The summed E-state index contributed by atoms with van der Waals surface area (Å²) in [4.78, 5) is 57.8. The van der Waals surface area contributed by atoms with Gasteiger partial charge in [-0.3, -0.25) is 19.2 Å². The highest BCUT2D eigenvalue weighted by Crippen LogP contribution is 2.60. The van der Waals surface area contributed by atoms with Crippen molar-refractivity contribution in [3.63, 3.8) is 0 Å². The predicted octanol–water partition coefficient (Wildman–Crippen LogP) is 3.32. The van der Waals surface area contributed by atoms with Crippen LogP contribution >= 0.6 is 15.9 Å². The molecule has 3 aliphatic heterocycles. The first-order chi connectivity index (χ1) is 22.7. The SMILES string of the molecule is C=CCCC(=O)OC[C@@H](NC(=O)[C@H]1[C@@H]2O[C@@]3(CC2Br)[C@@H]1C(=O)N(CCO)[C@@H]3C(=O)N(CC=C)c1ccc(OC)cc1)c1ccccc1. The topological polar surface area (TPSA) is 135 Å². The number of methoxy groups -OCH3 is 1. The van der Waals surface area contributed by atoms with Gasteiger partial charge in [-0.1, -0.05) is 58.4 Å². The van der Waals surface area contributed by atoms with Crippen LogP contribution in [-0.2, 0) is 28.7 Å². The summed E-state index contributed by atoms with van der Waals surface area (Å²) >= 11 is 3.69. The molecular weight excluding hydrogens is 670 g/mol. The van der Waals surface area contributed by atoms with Gasteiger partial charge in [-0.05, 0) is 42.7 Å². The quantitative estimate of drug-likeness (QED) is 0.164. The summed E-state index contributed by atoms with van der Waals surface area (Å²) in [6.45, 7) is 7.01. The number of hydrogen-bond donors (Lipinski definition) is 2. The van der Waals surface area contributed by atoms with Crippen molar-refractivity contribution in [1.29, 1.82) is 0 Å². The number of allylic oxidation sites excluding steroid dienone is 1. The van der Waals surface area contributed by atoms with Gasteiger partial charge in [0.25, 0.3) is 5.91 Å². The van der Waals surface area contributed by atoms with Crippen molar-refractivity contribution in [2.45, 2.75) is 47.9 Å². The molecule has 2 N–H and O–H groups in total. The van der Waals surface area contributed by atoms with E-state index in [9.17, 15) is 24.3 Å². The van der Waals surface area contributed by atoms with E-state index in [1.54, 1.807) is 43.5 Å². The number of anilines is 1. The Labute approximate surface area is 282 Å². The van der Waals surface area contributed by atoms with E-state index in [1.807, 2.05) is 30.3 Å². The zero-order valence-electron chi connectivity index (χ0n) is 26.3. The molecule has 250 valence electrons. The second-order valence-corrected chi connectivity index (χ2v) is 13.0. The highest BCUT2D eigenvalue weighted by Gasteiger charge is 2.76. The van der Waals surface area contributed by atoms with E-state index in [-0.39, 0.29) is 37.6 Å². The molecule has 1 spiro atoms. The molecule has 5 rings (SSSR count). The number of carbonyl (C=O) groups is 4. The van der Waals surface area contributed by atoms with Crippen LogP contribution in [0.3, 0.4) is 0 Å². The van der Waals surface area contributed by atoms with Crippen molar-refractivity contribution in [2.24, 2.45) is 11.8 Å². The van der Waals surface area contributed by atoms with Gasteiger partial charge in [0.1, 0.15) is 24.0 Å². The van der Waals surface area contributed by atoms with E-state index < -0.39 is 59.3 Å². The van der Waals surface area contributed by atoms with Crippen molar-refractivity contribution < 1.29 is 38.5 Å². The van der Waals surface area contributed by atoms with Crippen LogP contribution in [0.4, 0.5) is 5.69 Å². The molecule has 0 aromatic heterocycles. The van der Waals surface area contributed by atoms with E-state index in [0.29, 0.717) is 24.3 Å². The van der Waals surface area contributed by atoms with Crippen LogP contribution in [0.15, 0.2) is 79.9 Å². The Morgan fingerprint density at radius 1 is 1.17 bits per heavy atom. The van der Waals surface area contributed by atoms with Crippen molar-refractivity contribution in [1.82, 2.24) is 10.2 Å². The number of hydrogen-bond acceptors (Lipinski definition) is 8. The van der Waals surface area contributed by atoms with Gasteiger partial charge < -0.3 is 34.4 Å². The fourth-order valence-corrected chi connectivity index (χ4v) is 8.00. The minimum Gasteiger partial charge on any atom is -0.497 e. The molecule has 7 atom stereocenters. The lowest BCUT2D eigenvalue weighted by Gasteiger charge is -2.37. The molecule has 2 aromatic rings. The fourth-order valence-electron chi connectivity index (χ4n) is 7.06. The number of aliphatic hydroxyl groups excluding tert-OH is 1. The number of benzene rings is 2. The molecule has 3 amide bonds. The first-order valence-corrected chi connectivity index (χ1v) is 16.5. The number of likely N-dealkylation sites (tertiary alicyclic amines) is 1. The molecule has 3 fully saturated rings. The Bertz CT molecular complexity index is 1490. The average Bonchev–Trinajstić information content (AvgIpc) is 3.68. The third kappa shape index (κ3) is 6.59. The van der Waals surface area contributed by atoms with Gasteiger partial charge in [-0.15, -0.1) is 13.2 Å². The number of fused-ring (bicyclic) bond motifs is 1. The number of nitrogens with one attached hydrogen (secondary N) is 1. The smallest absolute Gasteiger partial charge is 0.306 e. The lowest BCUT2D eigenvalue weighted by Crippen LogP contribution is -2.57. The van der Waals surface area contributed by atoms with Gasteiger partial charge >= 0.3 is 5.97 Å². The highest BCUT2D eigenvalue weighted by molar-refractivity contribution is 9.09. The molecule has 3 heterocycles. The second kappa shape index (κ2) is 14.8. The predicted molar refractivity (Wildman–Crippen MR) is 178 cm³/mol. The fraction of sp³-hybridized carbons (Fsp3) is 0.429. The molecular formula is C35H40BrN3O8. The number of carbonyl (C=O) groups excluding carboxylic acids is 4. The molecule has 47 heavy (non-hydrogen) atoms. The van der Waals surface area contributed by atoms with Gasteiger partial charge in [0.15, 0.2) is 0 Å². The molecule has 1 unspecified atom stereocenters. The van der Waals surface area contributed by atoms with Crippen LogP contribution in [0.25, 0.3) is 0 Å². The van der Waals surface area contributed by atoms with Crippen molar-refractivity contribution >= 4 is 45.3 Å². The van der Waals surface area contributed by atoms with Crippen LogP contribution < -0.4 is 15.0 Å². The Kier molecular flexibility index (Phi) is 10.8. The maximum atomic E-state index is 14.5. The summed E-state index contributed by atoms with van der Waals surface area (Å²) in [5.41, 5.74) is -0.0357. The number of halogens is 1. The number of nitrogens with zero attached hydrogens (tertiary/aromatic N) is 2. The number of esters is 1. The minimum atomic E-state index is -1.32. The zero-order valence-corrected chi connectivity index (χ0v) is 27.8. The van der Waals surface area contributed by atoms with E-state index in [2.05, 4.69) is 34.4 Å². The second-order valence-electron chi connectivity index (χ2n) is 11.8. The number of amides is 3. The number of ether oxygens (including phenoxy) is 3. The summed E-state index contributed by atoms with van der Waals surface area (Å²) in [5.74, 6) is -3.02. The van der Waals surface area contributed by atoms with E-state index in [0.717, 1.165) is 5.56 Å². The lowest BCUT2D eigenvalue weighted by molar-refractivity contribution is -0.146. The van der Waals surface area contributed by atoms with E-state index in [1.165, 1.54) is 9.80 Å². The first kappa shape index (κ1) is 34.3. The van der Waals surface area contributed by atoms with Crippen LogP contribution in [0, 0.1) is 11.8 Å². The molecule has 0 aliphatic carbocycles. The summed E-state index contributed by atoms with van der Waals surface area (Å²) in [6, 6.07) is 14.3.